The fraction of sp³-hybridized carbons (Fsp3) is 0.435. The van der Waals surface area contributed by atoms with E-state index in [1.807, 2.05) is 30.3 Å². The number of fused-ring (bicyclic) bond motifs is 1. The molecule has 0 saturated carbocycles. The Balaban J connectivity index is 1.68. The van der Waals surface area contributed by atoms with E-state index >= 15 is 0 Å². The molecule has 0 fully saturated rings. The summed E-state index contributed by atoms with van der Waals surface area (Å²) in [5.41, 5.74) is 1.03. The van der Waals surface area contributed by atoms with Crippen LogP contribution in [-0.4, -0.2) is 37.1 Å². The highest BCUT2D eigenvalue weighted by Gasteiger charge is 2.22. The Morgan fingerprint density at radius 3 is 2.76 bits per heavy atom. The summed E-state index contributed by atoms with van der Waals surface area (Å²) in [6, 6.07) is 9.99. The fourth-order valence-corrected chi connectivity index (χ4v) is 4.17. The lowest BCUT2D eigenvalue weighted by Crippen LogP contribution is -2.40. The van der Waals surface area contributed by atoms with Gasteiger partial charge < -0.3 is 14.8 Å². The Hall–Kier alpha value is -2.31. The Morgan fingerprint density at radius 2 is 2.07 bits per heavy atom. The highest BCUT2D eigenvalue weighted by molar-refractivity contribution is 7.09. The van der Waals surface area contributed by atoms with Crippen LogP contribution in [-0.2, 0) is 11.3 Å². The van der Waals surface area contributed by atoms with Gasteiger partial charge in [0.25, 0.3) is 0 Å². The molecule has 1 aliphatic heterocycles. The number of nitrogens with zero attached hydrogens (tertiary/aromatic N) is 1. The van der Waals surface area contributed by atoms with E-state index < -0.39 is 0 Å². The number of thiophene rings is 1. The van der Waals surface area contributed by atoms with E-state index in [0.29, 0.717) is 26.3 Å². The van der Waals surface area contributed by atoms with E-state index in [9.17, 15) is 4.79 Å². The van der Waals surface area contributed by atoms with Gasteiger partial charge in [0, 0.05) is 24.4 Å². The Labute approximate surface area is 177 Å². The maximum atomic E-state index is 12.8. The van der Waals surface area contributed by atoms with Gasteiger partial charge in [0.05, 0.1) is 25.8 Å². The molecule has 1 aliphatic rings. The average molecular weight is 415 g/mol. The zero-order valence-electron chi connectivity index (χ0n) is 17.2. The number of nitrogens with one attached hydrogen (secondary N) is 1. The van der Waals surface area contributed by atoms with Gasteiger partial charge in [-0.25, -0.2) is 0 Å². The molecule has 5 nitrogen and oxygen atoms in total. The molecule has 0 spiro atoms. The van der Waals surface area contributed by atoms with Crippen molar-refractivity contribution in [2.75, 3.05) is 26.3 Å². The molecule has 0 radical (unpaired) electrons. The molecule has 1 amide bonds. The second kappa shape index (κ2) is 10.5. The largest absolute Gasteiger partial charge is 0.490 e. The Bertz CT molecular complexity index is 804. The van der Waals surface area contributed by atoms with Crippen molar-refractivity contribution in [3.8, 4) is 11.5 Å². The zero-order chi connectivity index (χ0) is 20.6. The number of hydrogen-bond acceptors (Lipinski definition) is 5. The first-order valence-electron chi connectivity index (χ1n) is 10.1. The fourth-order valence-electron chi connectivity index (χ4n) is 3.42. The van der Waals surface area contributed by atoms with Gasteiger partial charge in [-0.15, -0.1) is 17.9 Å². The van der Waals surface area contributed by atoms with Gasteiger partial charge >= 0.3 is 0 Å². The van der Waals surface area contributed by atoms with Gasteiger partial charge in [-0.1, -0.05) is 32.1 Å². The molecule has 156 valence electrons. The van der Waals surface area contributed by atoms with Gasteiger partial charge in [0.15, 0.2) is 11.5 Å². The van der Waals surface area contributed by atoms with Crippen LogP contribution in [0.3, 0.4) is 0 Å². The molecule has 6 heteroatoms. The van der Waals surface area contributed by atoms with E-state index in [1.165, 1.54) is 4.88 Å². The van der Waals surface area contributed by atoms with Gasteiger partial charge in [-0.05, 0) is 35.1 Å². The third kappa shape index (κ3) is 6.08. The summed E-state index contributed by atoms with van der Waals surface area (Å²) in [5, 5.41) is 5.27. The number of benzene rings is 1. The standard InChI is InChI=1S/C23H30N2O3S/c1-4-10-25(15-19-7-5-13-29-19)16-22(26)24-23(17(2)3)18-8-9-20-21(14-18)28-12-6-11-27-20/h4-5,7-9,13-14,17,23H,1,6,10-12,15-16H2,2-3H3,(H,24,26). The van der Waals surface area contributed by atoms with Crippen molar-refractivity contribution in [3.05, 3.63) is 58.8 Å². The SMILES string of the molecule is C=CCN(CC(=O)NC(c1ccc2c(c1)OCCCO2)C(C)C)Cc1cccs1. The van der Waals surface area contributed by atoms with Gasteiger partial charge in [-0.2, -0.15) is 0 Å². The number of carbonyl (C=O) groups excluding carboxylic acids is 1. The minimum atomic E-state index is -0.0908. The smallest absolute Gasteiger partial charge is 0.234 e. The summed E-state index contributed by atoms with van der Waals surface area (Å²) >= 11 is 1.70. The normalized spacial score (nSPS) is 14.5. The molecule has 0 bridgehead atoms. The molecular formula is C23H30N2O3S. The molecule has 0 aliphatic carbocycles. The first-order valence-corrected chi connectivity index (χ1v) is 11.0. The molecule has 1 aromatic carbocycles. The molecular weight excluding hydrogens is 384 g/mol. The summed E-state index contributed by atoms with van der Waals surface area (Å²) in [5.74, 6) is 1.78. The van der Waals surface area contributed by atoms with Gasteiger partial charge in [0.1, 0.15) is 0 Å². The Kier molecular flexibility index (Phi) is 7.72. The maximum Gasteiger partial charge on any atom is 0.234 e. The first-order chi connectivity index (χ1) is 14.1. The van der Waals surface area contributed by atoms with Crippen LogP contribution < -0.4 is 14.8 Å². The monoisotopic (exact) mass is 414 g/mol. The molecule has 1 unspecified atom stereocenters. The third-order valence-corrected chi connectivity index (χ3v) is 5.69. The van der Waals surface area contributed by atoms with Crippen molar-refractivity contribution >= 4 is 17.2 Å². The quantitative estimate of drug-likeness (QED) is 0.618. The summed E-state index contributed by atoms with van der Waals surface area (Å²) < 4.78 is 11.6. The van der Waals surface area contributed by atoms with Crippen LogP contribution >= 0.6 is 11.3 Å². The molecule has 2 aromatic rings. The predicted octanol–water partition coefficient (Wildman–Crippen LogP) is 4.41. The van der Waals surface area contributed by atoms with Crippen molar-refractivity contribution < 1.29 is 14.3 Å². The summed E-state index contributed by atoms with van der Waals surface area (Å²) in [6.07, 6.45) is 2.71. The number of ether oxygens (including phenoxy) is 2. The van der Waals surface area contributed by atoms with Crippen molar-refractivity contribution in [1.82, 2.24) is 10.2 Å². The van der Waals surface area contributed by atoms with E-state index in [1.54, 1.807) is 11.3 Å². The van der Waals surface area contributed by atoms with Crippen LogP contribution in [0.5, 0.6) is 11.5 Å². The number of hydrogen-bond donors (Lipinski definition) is 1. The van der Waals surface area contributed by atoms with Crippen LogP contribution in [0.2, 0.25) is 0 Å². The molecule has 2 heterocycles. The second-order valence-electron chi connectivity index (χ2n) is 7.58. The van der Waals surface area contributed by atoms with Crippen LogP contribution in [0.25, 0.3) is 0 Å². The lowest BCUT2D eigenvalue weighted by Gasteiger charge is -2.26. The van der Waals surface area contributed by atoms with Gasteiger partial charge in [-0.3, -0.25) is 9.69 Å². The van der Waals surface area contributed by atoms with E-state index in [2.05, 4.69) is 42.1 Å². The molecule has 1 N–H and O–H groups in total. The topological polar surface area (TPSA) is 50.8 Å². The highest BCUT2D eigenvalue weighted by Crippen LogP contribution is 2.34. The Morgan fingerprint density at radius 1 is 1.28 bits per heavy atom. The molecule has 1 aromatic heterocycles. The minimum absolute atomic E-state index is 0.00853. The molecule has 29 heavy (non-hydrogen) atoms. The van der Waals surface area contributed by atoms with Crippen LogP contribution in [0, 0.1) is 5.92 Å². The third-order valence-electron chi connectivity index (χ3n) is 4.83. The zero-order valence-corrected chi connectivity index (χ0v) is 18.0. The lowest BCUT2D eigenvalue weighted by atomic mass is 9.95. The lowest BCUT2D eigenvalue weighted by molar-refractivity contribution is -0.123. The van der Waals surface area contributed by atoms with Crippen molar-refractivity contribution in [1.29, 1.82) is 0 Å². The highest BCUT2D eigenvalue weighted by atomic mass is 32.1. The van der Waals surface area contributed by atoms with Crippen LogP contribution in [0.15, 0.2) is 48.4 Å². The first kappa shape index (κ1) is 21.4. The van der Waals surface area contributed by atoms with E-state index in [-0.39, 0.29) is 17.9 Å². The van der Waals surface area contributed by atoms with E-state index in [0.717, 1.165) is 30.0 Å². The van der Waals surface area contributed by atoms with Crippen molar-refractivity contribution in [3.63, 3.8) is 0 Å². The number of rotatable bonds is 9. The maximum absolute atomic E-state index is 12.8. The summed E-state index contributed by atoms with van der Waals surface area (Å²) in [7, 11) is 0. The van der Waals surface area contributed by atoms with Crippen LogP contribution in [0.4, 0.5) is 0 Å². The minimum Gasteiger partial charge on any atom is -0.490 e. The van der Waals surface area contributed by atoms with Crippen molar-refractivity contribution in [2.45, 2.75) is 32.9 Å². The molecule has 3 rings (SSSR count). The summed E-state index contributed by atoms with van der Waals surface area (Å²) in [4.78, 5) is 16.2. The van der Waals surface area contributed by atoms with Crippen molar-refractivity contribution in [2.24, 2.45) is 5.92 Å². The number of amides is 1. The van der Waals surface area contributed by atoms with E-state index in [4.69, 9.17) is 9.47 Å². The molecule has 1 atom stereocenters. The molecule has 0 saturated heterocycles. The summed E-state index contributed by atoms with van der Waals surface area (Å²) in [6.45, 7) is 11.1. The predicted molar refractivity (Wildman–Crippen MR) is 118 cm³/mol. The average Bonchev–Trinajstić information content (AvgIpc) is 3.08. The second-order valence-corrected chi connectivity index (χ2v) is 8.62. The van der Waals surface area contributed by atoms with Crippen LogP contribution in [0.1, 0.15) is 36.8 Å². The number of carbonyl (C=O) groups is 1. The van der Waals surface area contributed by atoms with Gasteiger partial charge in [0.2, 0.25) is 5.91 Å².